The summed E-state index contributed by atoms with van der Waals surface area (Å²) >= 11 is 0. The summed E-state index contributed by atoms with van der Waals surface area (Å²) in [6, 6.07) is 23.3. The molecular formula is C68H105ClN14O6S2. The van der Waals surface area contributed by atoms with Gasteiger partial charge in [0.2, 0.25) is 11.9 Å². The highest BCUT2D eigenvalue weighted by Crippen LogP contribution is 2.36. The van der Waals surface area contributed by atoms with Gasteiger partial charge in [0.1, 0.15) is 11.6 Å². The minimum absolute atomic E-state index is 0. The number of ether oxygens (including phenoxy) is 4. The van der Waals surface area contributed by atoms with Crippen LogP contribution in [0.2, 0.25) is 0 Å². The number of rotatable bonds is 47. The number of nitrogens with zero attached hydrogens (tertiary/aromatic N) is 8. The molecule has 2 heterocycles. The van der Waals surface area contributed by atoms with Crippen LogP contribution in [0.1, 0.15) is 135 Å². The fourth-order valence-corrected chi connectivity index (χ4v) is 12.6. The molecule has 0 aliphatic carbocycles. The maximum atomic E-state index is 13.5. The maximum absolute atomic E-state index is 13.5. The number of unbranched alkanes of at least 4 members (excludes halogenated alkanes) is 12. The second-order valence-electron chi connectivity index (χ2n) is 23.0. The van der Waals surface area contributed by atoms with E-state index in [4.69, 9.17) is 40.4 Å². The lowest BCUT2D eigenvalue weighted by molar-refractivity contribution is 0.0784. The van der Waals surface area contributed by atoms with Crippen molar-refractivity contribution in [1.29, 1.82) is 0 Å². The van der Waals surface area contributed by atoms with Crippen molar-refractivity contribution in [3.8, 4) is 23.0 Å². The number of amides is 2. The summed E-state index contributed by atoms with van der Waals surface area (Å²) in [7, 11) is 18.1. The number of methoxy groups -OCH3 is 4. The number of nitrogens with one attached hydrogen (secondary N) is 4. The highest BCUT2D eigenvalue weighted by molar-refractivity contribution is 8.76. The lowest BCUT2D eigenvalue weighted by atomic mass is 10.1. The predicted molar refractivity (Wildman–Crippen MR) is 383 cm³/mol. The van der Waals surface area contributed by atoms with E-state index in [2.05, 4.69) is 43.4 Å². The number of halogens is 1. The molecule has 6 rings (SSSR count). The molecule has 0 unspecified atom stereocenters. The number of benzene rings is 4. The van der Waals surface area contributed by atoms with E-state index in [1.165, 1.54) is 38.5 Å². The summed E-state index contributed by atoms with van der Waals surface area (Å²) in [6.07, 6.45) is 17.4. The molecule has 2 amide bonds. The summed E-state index contributed by atoms with van der Waals surface area (Å²) in [5.74, 6) is 6.72. The molecule has 4 aromatic carbocycles. The van der Waals surface area contributed by atoms with Gasteiger partial charge in [-0.15, -0.1) is 12.4 Å². The van der Waals surface area contributed by atoms with Crippen molar-refractivity contribution in [2.45, 2.75) is 116 Å². The number of hydrogen-bond acceptors (Lipinski definition) is 20. The Kier molecular flexibility index (Phi) is 35.5. The molecule has 6 aromatic rings. The molecule has 91 heavy (non-hydrogen) atoms. The summed E-state index contributed by atoms with van der Waals surface area (Å²) in [5, 5.41) is 15.9. The highest BCUT2D eigenvalue weighted by atomic mass is 35.5. The minimum atomic E-state index is 0. The molecule has 0 fully saturated rings. The number of anilines is 4. The molecule has 20 nitrogen and oxygen atoms in total. The van der Waals surface area contributed by atoms with Crippen LogP contribution < -0.4 is 61.5 Å². The van der Waals surface area contributed by atoms with Crippen molar-refractivity contribution < 1.29 is 28.5 Å². The molecule has 0 radical (unpaired) electrons. The van der Waals surface area contributed by atoms with Gasteiger partial charge in [-0.05, 0) is 113 Å². The molecule has 0 saturated heterocycles. The van der Waals surface area contributed by atoms with Gasteiger partial charge in [0.15, 0.2) is 23.0 Å². The lowest BCUT2D eigenvalue weighted by Crippen LogP contribution is -2.29. The van der Waals surface area contributed by atoms with E-state index in [0.717, 1.165) is 161 Å². The molecule has 0 atom stereocenters. The van der Waals surface area contributed by atoms with Crippen LogP contribution in [0.5, 0.6) is 23.0 Å². The zero-order valence-corrected chi connectivity index (χ0v) is 58.0. The second-order valence-corrected chi connectivity index (χ2v) is 25.7. The van der Waals surface area contributed by atoms with Crippen LogP contribution in [-0.4, -0.2) is 175 Å². The monoisotopic (exact) mass is 1310 g/mol. The van der Waals surface area contributed by atoms with Crippen molar-refractivity contribution in [2.75, 3.05) is 155 Å². The summed E-state index contributed by atoms with van der Waals surface area (Å²) < 4.78 is 21.7. The molecule has 0 spiro atoms. The molecule has 0 aliphatic rings. The van der Waals surface area contributed by atoms with E-state index in [9.17, 15) is 9.59 Å². The van der Waals surface area contributed by atoms with Crippen LogP contribution in [0.15, 0.2) is 72.8 Å². The number of hydrogen-bond donors (Lipinski definition) is 6. The first kappa shape index (κ1) is 75.4. The van der Waals surface area contributed by atoms with Gasteiger partial charge in [-0.2, -0.15) is 9.97 Å². The summed E-state index contributed by atoms with van der Waals surface area (Å²) in [5.41, 5.74) is 17.7. The van der Waals surface area contributed by atoms with Crippen LogP contribution in [-0.2, 0) is 13.1 Å². The Morgan fingerprint density at radius 3 is 1.13 bits per heavy atom. The third kappa shape index (κ3) is 25.3. The molecule has 502 valence electrons. The lowest BCUT2D eigenvalue weighted by Gasteiger charge is -2.20. The van der Waals surface area contributed by atoms with Crippen molar-refractivity contribution in [3.63, 3.8) is 0 Å². The molecule has 2 aromatic heterocycles. The topological polar surface area (TPSA) is 236 Å². The number of carbonyl (C=O) groups excluding carboxylic acids is 2. The second kappa shape index (κ2) is 42.8. The van der Waals surface area contributed by atoms with Gasteiger partial charge >= 0.3 is 0 Å². The van der Waals surface area contributed by atoms with Crippen molar-refractivity contribution >= 4 is 91.1 Å². The Morgan fingerprint density at radius 2 is 0.758 bits per heavy atom. The Hall–Kier alpha value is -6.27. The van der Waals surface area contributed by atoms with Gasteiger partial charge in [-0.1, -0.05) is 109 Å². The molecule has 0 saturated carbocycles. The van der Waals surface area contributed by atoms with E-state index in [1.54, 1.807) is 28.4 Å². The standard InChI is InChI=1S/C68H104N14O6S2.ClH/c1-79(39-25-13-15-27-41-81(3)67-75-57-47-61(87-7)59(85-5)45-55(57)63(69)77-67)65(83)53-31-19-17-29-51(53)49-73-35-23-11-9-21-33-71-37-43-89-90-44-38-72-34-22-10-12-24-36-74-50-52-30-18-20-32-54(52)66(84)80(2)40-26-14-16-28-42-82(4)68-76-58-48-62(88-8)60(86-6)46-56(58)64(70)78-68;/h17-20,29-32,45-48,71-74H,9-16,21-28,33-44,49-50H2,1-8H3,(H2,69,75,77)(H2,70,76,78);1H. The number of nitrogen functional groups attached to an aromatic ring is 2. The predicted octanol–water partition coefficient (Wildman–Crippen LogP) is 11.3. The van der Waals surface area contributed by atoms with Gasteiger partial charge in [0.05, 0.1) is 39.5 Å². The Bertz CT molecular complexity index is 2900. The van der Waals surface area contributed by atoms with E-state index < -0.39 is 0 Å². The largest absolute Gasteiger partial charge is 0.493 e. The normalized spacial score (nSPS) is 11.2. The van der Waals surface area contributed by atoms with Crippen LogP contribution in [0, 0.1) is 0 Å². The SMILES string of the molecule is COc1cc2nc(N(C)CCCCCCN(C)C(=O)c3ccccc3CNCCCCCCNCCSSCCNCCCCCCNCc3ccccc3C(=O)N(C)CCCCCCN(C)c3nc(N)c4cc(OC)c(OC)cc4n3)nc(N)c2cc1OC.Cl. The minimum Gasteiger partial charge on any atom is -0.493 e. The van der Waals surface area contributed by atoms with Crippen LogP contribution >= 0.6 is 34.0 Å². The van der Waals surface area contributed by atoms with E-state index in [-0.39, 0.29) is 24.2 Å². The maximum Gasteiger partial charge on any atom is 0.253 e. The van der Waals surface area contributed by atoms with Crippen molar-refractivity contribution in [2.24, 2.45) is 0 Å². The smallest absolute Gasteiger partial charge is 0.253 e. The average molecular weight is 1310 g/mol. The Morgan fingerprint density at radius 1 is 0.429 bits per heavy atom. The fourth-order valence-electron chi connectivity index (χ4n) is 10.7. The van der Waals surface area contributed by atoms with Crippen LogP contribution in [0.3, 0.4) is 0 Å². The van der Waals surface area contributed by atoms with Gasteiger partial charge in [-0.3, -0.25) is 9.59 Å². The molecule has 8 N–H and O–H groups in total. The fraction of sp³-hybridized carbons (Fsp3) is 0.559. The van der Waals surface area contributed by atoms with Crippen LogP contribution in [0.25, 0.3) is 21.8 Å². The molecule has 23 heteroatoms. The third-order valence-electron chi connectivity index (χ3n) is 16.1. The Labute approximate surface area is 556 Å². The van der Waals surface area contributed by atoms with E-state index in [1.807, 2.05) is 130 Å². The van der Waals surface area contributed by atoms with Crippen molar-refractivity contribution in [3.05, 3.63) is 95.1 Å². The van der Waals surface area contributed by atoms with E-state index in [0.29, 0.717) is 83.7 Å². The average Bonchev–Trinajstić information content (AvgIpc) is 1.13. The molecule has 0 aliphatic heterocycles. The number of aromatic nitrogens is 4. The first-order chi connectivity index (χ1) is 43.9. The summed E-state index contributed by atoms with van der Waals surface area (Å²) in [4.78, 5) is 53.4. The first-order valence-corrected chi connectivity index (χ1v) is 34.9. The first-order valence-electron chi connectivity index (χ1n) is 32.4. The van der Waals surface area contributed by atoms with E-state index >= 15 is 0 Å². The number of carbonyl (C=O) groups is 2. The number of nitrogens with two attached hydrogens (primary N) is 2. The third-order valence-corrected chi connectivity index (χ3v) is 18.5. The van der Waals surface area contributed by atoms with Gasteiger partial charge in [0.25, 0.3) is 11.8 Å². The summed E-state index contributed by atoms with van der Waals surface area (Å²) in [6.45, 7) is 10.5. The quantitative estimate of drug-likeness (QED) is 0.0154. The Balaban J connectivity index is 0.0000150. The zero-order chi connectivity index (χ0) is 64.3. The van der Waals surface area contributed by atoms with Crippen LogP contribution in [0.4, 0.5) is 23.5 Å². The molecular weight excluding hydrogens is 1210 g/mol. The highest BCUT2D eigenvalue weighted by Gasteiger charge is 2.19. The van der Waals surface area contributed by atoms with Gasteiger partial charge < -0.3 is 71.3 Å². The van der Waals surface area contributed by atoms with Gasteiger partial charge in [-0.25, -0.2) is 9.97 Å². The zero-order valence-electron chi connectivity index (χ0n) is 55.5. The van der Waals surface area contributed by atoms with Crippen molar-refractivity contribution in [1.82, 2.24) is 51.0 Å². The molecule has 0 bridgehead atoms. The number of fused-ring (bicyclic) bond motifs is 2. The van der Waals surface area contributed by atoms with Gasteiger partial charge in [0, 0.05) is 126 Å².